The van der Waals surface area contributed by atoms with E-state index in [0.717, 1.165) is 75.4 Å². The lowest BCUT2D eigenvalue weighted by Gasteiger charge is -2.34. The highest BCUT2D eigenvalue weighted by Crippen LogP contribution is 2.23. The number of aryl methyl sites for hydroxylation is 1. The molecule has 7 heteroatoms. The lowest BCUT2D eigenvalue weighted by Crippen LogP contribution is -2.48. The first kappa shape index (κ1) is 18.4. The van der Waals surface area contributed by atoms with Gasteiger partial charge in [-0.25, -0.2) is 4.98 Å². The zero-order valence-electron chi connectivity index (χ0n) is 15.8. The Labute approximate surface area is 164 Å². The summed E-state index contributed by atoms with van der Waals surface area (Å²) in [6, 6.07) is 7.83. The summed E-state index contributed by atoms with van der Waals surface area (Å²) in [5, 5.41) is 3.23. The first-order valence-corrected chi connectivity index (χ1v) is 10.4. The van der Waals surface area contributed by atoms with Gasteiger partial charge in [0.25, 0.3) is 5.91 Å². The Kier molecular flexibility index (Phi) is 5.71. The molecule has 0 saturated carbocycles. The van der Waals surface area contributed by atoms with Gasteiger partial charge in [0.1, 0.15) is 0 Å². The summed E-state index contributed by atoms with van der Waals surface area (Å²) in [5.74, 6) is 0.127. The number of carbonyl (C=O) groups excluding carboxylic acids is 1. The number of piperazine rings is 1. The molecule has 0 radical (unpaired) electrons. The van der Waals surface area contributed by atoms with Gasteiger partial charge in [-0.1, -0.05) is 17.7 Å². The van der Waals surface area contributed by atoms with Gasteiger partial charge < -0.3 is 14.5 Å². The first-order valence-electron chi connectivity index (χ1n) is 9.54. The van der Waals surface area contributed by atoms with Crippen molar-refractivity contribution in [3.8, 4) is 0 Å². The van der Waals surface area contributed by atoms with Crippen molar-refractivity contribution >= 4 is 22.4 Å². The maximum absolute atomic E-state index is 12.7. The van der Waals surface area contributed by atoms with Gasteiger partial charge in [0, 0.05) is 56.8 Å². The van der Waals surface area contributed by atoms with Crippen molar-refractivity contribution in [2.24, 2.45) is 0 Å². The van der Waals surface area contributed by atoms with Gasteiger partial charge in [-0.2, -0.15) is 0 Å². The van der Waals surface area contributed by atoms with Crippen LogP contribution in [0.3, 0.4) is 0 Å². The van der Waals surface area contributed by atoms with Crippen LogP contribution < -0.4 is 4.90 Å². The molecule has 0 atom stereocenters. The normalized spacial score (nSPS) is 18.7. The number of ether oxygens (including phenoxy) is 1. The van der Waals surface area contributed by atoms with Gasteiger partial charge in [0.05, 0.1) is 18.9 Å². The molecule has 2 aliphatic rings. The third-order valence-corrected chi connectivity index (χ3v) is 6.12. The van der Waals surface area contributed by atoms with Crippen molar-refractivity contribution in [1.82, 2.24) is 14.8 Å². The topological polar surface area (TPSA) is 48.9 Å². The summed E-state index contributed by atoms with van der Waals surface area (Å²) in [4.78, 5) is 24.1. The standard InChI is InChI=1S/C20H26N4O2S/c1-16-2-4-17(5-3-16)19(25)23-6-8-24(9-7-23)20-21-18(15-27-20)14-22-10-12-26-13-11-22/h2-5,15H,6-14H2,1H3. The van der Waals surface area contributed by atoms with E-state index < -0.39 is 0 Å². The highest BCUT2D eigenvalue weighted by molar-refractivity contribution is 7.13. The van der Waals surface area contributed by atoms with Gasteiger partial charge >= 0.3 is 0 Å². The summed E-state index contributed by atoms with van der Waals surface area (Å²) >= 11 is 1.71. The van der Waals surface area contributed by atoms with Gasteiger partial charge in [-0.3, -0.25) is 9.69 Å². The minimum absolute atomic E-state index is 0.127. The van der Waals surface area contributed by atoms with Crippen molar-refractivity contribution < 1.29 is 9.53 Å². The number of nitrogens with zero attached hydrogens (tertiary/aromatic N) is 4. The van der Waals surface area contributed by atoms with Crippen LogP contribution >= 0.6 is 11.3 Å². The number of morpholine rings is 1. The summed E-state index contributed by atoms with van der Waals surface area (Å²) in [7, 11) is 0. The van der Waals surface area contributed by atoms with Crippen LogP contribution in [0.4, 0.5) is 5.13 Å². The highest BCUT2D eigenvalue weighted by atomic mass is 32.1. The fourth-order valence-electron chi connectivity index (χ4n) is 3.48. The van der Waals surface area contributed by atoms with E-state index in [0.29, 0.717) is 0 Å². The monoisotopic (exact) mass is 386 g/mol. The minimum Gasteiger partial charge on any atom is -0.379 e. The number of rotatable bonds is 4. The fraction of sp³-hybridized carbons (Fsp3) is 0.500. The van der Waals surface area contributed by atoms with E-state index in [-0.39, 0.29) is 5.91 Å². The highest BCUT2D eigenvalue weighted by Gasteiger charge is 2.24. The van der Waals surface area contributed by atoms with Gasteiger partial charge in [0.15, 0.2) is 5.13 Å². The Morgan fingerprint density at radius 2 is 1.78 bits per heavy atom. The third kappa shape index (κ3) is 4.48. The van der Waals surface area contributed by atoms with Crippen molar-refractivity contribution in [2.45, 2.75) is 13.5 Å². The van der Waals surface area contributed by atoms with Crippen molar-refractivity contribution in [3.63, 3.8) is 0 Å². The molecule has 2 aliphatic heterocycles. The second-order valence-electron chi connectivity index (χ2n) is 7.16. The molecule has 2 aromatic rings. The van der Waals surface area contributed by atoms with Crippen molar-refractivity contribution in [1.29, 1.82) is 0 Å². The van der Waals surface area contributed by atoms with Crippen LogP contribution in [0.15, 0.2) is 29.6 Å². The van der Waals surface area contributed by atoms with Crippen molar-refractivity contribution in [2.75, 3.05) is 57.4 Å². The Bertz CT molecular complexity index is 763. The molecule has 1 aromatic heterocycles. The van der Waals surface area contributed by atoms with Gasteiger partial charge in [-0.05, 0) is 19.1 Å². The zero-order valence-corrected chi connectivity index (χ0v) is 16.6. The molecule has 1 amide bonds. The number of anilines is 1. The molecule has 4 rings (SSSR count). The minimum atomic E-state index is 0.127. The van der Waals surface area contributed by atoms with E-state index in [9.17, 15) is 4.79 Å². The molecular weight excluding hydrogens is 360 g/mol. The predicted octanol–water partition coefficient (Wildman–Crippen LogP) is 2.25. The fourth-order valence-corrected chi connectivity index (χ4v) is 4.35. The summed E-state index contributed by atoms with van der Waals surface area (Å²) in [5.41, 5.74) is 3.08. The largest absolute Gasteiger partial charge is 0.379 e. The number of benzene rings is 1. The molecular formula is C20H26N4O2S. The lowest BCUT2D eigenvalue weighted by molar-refractivity contribution is 0.0337. The molecule has 6 nitrogen and oxygen atoms in total. The third-order valence-electron chi connectivity index (χ3n) is 5.16. The molecule has 3 heterocycles. The zero-order chi connectivity index (χ0) is 18.6. The van der Waals surface area contributed by atoms with Crippen LogP contribution in [0.25, 0.3) is 0 Å². The molecule has 0 N–H and O–H groups in total. The van der Waals surface area contributed by atoms with E-state index >= 15 is 0 Å². The predicted molar refractivity (Wildman–Crippen MR) is 108 cm³/mol. The molecule has 0 aliphatic carbocycles. The average molecular weight is 387 g/mol. The molecule has 0 unspecified atom stereocenters. The number of hydrogen-bond donors (Lipinski definition) is 0. The maximum Gasteiger partial charge on any atom is 0.253 e. The number of thiazole rings is 1. The Morgan fingerprint density at radius 3 is 2.48 bits per heavy atom. The van der Waals surface area contributed by atoms with Crippen LogP contribution in [0.1, 0.15) is 21.6 Å². The Hall–Kier alpha value is -1.96. The molecule has 27 heavy (non-hydrogen) atoms. The molecule has 0 spiro atoms. The van der Waals surface area contributed by atoms with E-state index in [1.807, 2.05) is 36.1 Å². The number of carbonyl (C=O) groups is 1. The van der Waals surface area contributed by atoms with Crippen LogP contribution in [-0.2, 0) is 11.3 Å². The quantitative estimate of drug-likeness (QED) is 0.807. The molecule has 2 fully saturated rings. The van der Waals surface area contributed by atoms with Crippen LogP contribution in [0.2, 0.25) is 0 Å². The Morgan fingerprint density at radius 1 is 1.07 bits per heavy atom. The van der Waals surface area contributed by atoms with E-state index in [1.54, 1.807) is 11.3 Å². The Balaban J connectivity index is 1.31. The van der Waals surface area contributed by atoms with Crippen LogP contribution in [0, 0.1) is 6.92 Å². The number of hydrogen-bond acceptors (Lipinski definition) is 6. The lowest BCUT2D eigenvalue weighted by atomic mass is 10.1. The molecule has 144 valence electrons. The summed E-state index contributed by atoms with van der Waals surface area (Å²) in [6.45, 7) is 9.67. The smallest absolute Gasteiger partial charge is 0.253 e. The van der Waals surface area contributed by atoms with Gasteiger partial charge in [0.2, 0.25) is 0 Å². The summed E-state index contributed by atoms with van der Waals surface area (Å²) in [6.07, 6.45) is 0. The van der Waals surface area contributed by atoms with Gasteiger partial charge in [-0.15, -0.1) is 11.3 Å². The van der Waals surface area contributed by atoms with Crippen molar-refractivity contribution in [3.05, 3.63) is 46.5 Å². The van der Waals surface area contributed by atoms with E-state index in [2.05, 4.69) is 15.2 Å². The second kappa shape index (κ2) is 8.37. The number of aromatic nitrogens is 1. The SMILES string of the molecule is Cc1ccc(C(=O)N2CCN(c3nc(CN4CCOCC4)cs3)CC2)cc1. The van der Waals surface area contributed by atoms with Crippen LogP contribution in [0.5, 0.6) is 0 Å². The second-order valence-corrected chi connectivity index (χ2v) is 7.99. The molecule has 2 saturated heterocycles. The maximum atomic E-state index is 12.7. The van der Waals surface area contributed by atoms with E-state index in [4.69, 9.17) is 9.72 Å². The average Bonchev–Trinajstić information content (AvgIpc) is 3.17. The summed E-state index contributed by atoms with van der Waals surface area (Å²) < 4.78 is 5.40. The van der Waals surface area contributed by atoms with E-state index in [1.165, 1.54) is 5.56 Å². The first-order chi connectivity index (χ1) is 13.2. The number of amides is 1. The molecule has 1 aromatic carbocycles. The van der Waals surface area contributed by atoms with Crippen LogP contribution in [-0.4, -0.2) is 73.2 Å². The molecule has 0 bridgehead atoms.